The number of benzene rings is 1. The van der Waals surface area contributed by atoms with Gasteiger partial charge in [0.15, 0.2) is 0 Å². The summed E-state index contributed by atoms with van der Waals surface area (Å²) in [6.07, 6.45) is 0.282. The zero-order valence-electron chi connectivity index (χ0n) is 10.5. The summed E-state index contributed by atoms with van der Waals surface area (Å²) < 4.78 is 5.02. The third kappa shape index (κ3) is 3.76. The van der Waals surface area contributed by atoms with Gasteiger partial charge in [0, 0.05) is 6.54 Å². The number of carboxylic acid groups (broad SMARTS) is 1. The van der Waals surface area contributed by atoms with E-state index in [-0.39, 0.29) is 6.42 Å². The summed E-state index contributed by atoms with van der Waals surface area (Å²) >= 11 is 0. The molecule has 0 saturated carbocycles. The van der Waals surface area contributed by atoms with Crippen molar-refractivity contribution >= 4 is 11.9 Å². The number of hydrogen-bond donors (Lipinski definition) is 2. The van der Waals surface area contributed by atoms with Gasteiger partial charge in [0.2, 0.25) is 5.91 Å². The van der Waals surface area contributed by atoms with Gasteiger partial charge in [-0.05, 0) is 24.1 Å². The molecule has 0 fully saturated rings. The molecule has 0 saturated heterocycles. The Morgan fingerprint density at radius 3 is 2.39 bits per heavy atom. The second-order valence-electron chi connectivity index (χ2n) is 3.86. The van der Waals surface area contributed by atoms with E-state index in [0.717, 1.165) is 11.3 Å². The minimum absolute atomic E-state index is 0.282. The van der Waals surface area contributed by atoms with Crippen molar-refractivity contribution in [3.63, 3.8) is 0 Å². The molecular weight excluding hydrogens is 234 g/mol. The summed E-state index contributed by atoms with van der Waals surface area (Å²) in [5.41, 5.74) is 0.893. The summed E-state index contributed by atoms with van der Waals surface area (Å²) in [5, 5.41) is 11.4. The Morgan fingerprint density at radius 2 is 1.94 bits per heavy atom. The lowest BCUT2D eigenvalue weighted by Gasteiger charge is -2.10. The first kappa shape index (κ1) is 14.0. The summed E-state index contributed by atoms with van der Waals surface area (Å²) in [5.74, 6) is -1.80. The summed E-state index contributed by atoms with van der Waals surface area (Å²) in [6, 6.07) is 7.22. The fourth-order valence-corrected chi connectivity index (χ4v) is 1.53. The van der Waals surface area contributed by atoms with E-state index in [2.05, 4.69) is 5.32 Å². The Kier molecular flexibility index (Phi) is 5.17. The number of hydrogen-bond acceptors (Lipinski definition) is 3. The second-order valence-corrected chi connectivity index (χ2v) is 3.86. The Bertz CT molecular complexity index is 414. The molecule has 0 aromatic heterocycles. The van der Waals surface area contributed by atoms with E-state index in [1.807, 2.05) is 12.1 Å². The minimum Gasteiger partial charge on any atom is -0.497 e. The van der Waals surface area contributed by atoms with Crippen molar-refractivity contribution in [1.82, 2.24) is 5.32 Å². The number of nitrogens with one attached hydrogen (secondary N) is 1. The molecule has 0 spiro atoms. The van der Waals surface area contributed by atoms with E-state index < -0.39 is 17.8 Å². The zero-order chi connectivity index (χ0) is 13.5. The number of carboxylic acids is 1. The van der Waals surface area contributed by atoms with Gasteiger partial charge >= 0.3 is 5.97 Å². The predicted molar refractivity (Wildman–Crippen MR) is 66.3 cm³/mol. The van der Waals surface area contributed by atoms with Crippen molar-refractivity contribution in [3.05, 3.63) is 29.8 Å². The highest BCUT2D eigenvalue weighted by Gasteiger charge is 2.23. The lowest BCUT2D eigenvalue weighted by molar-refractivity contribution is -0.147. The molecule has 0 bridgehead atoms. The number of ether oxygens (including phenoxy) is 1. The predicted octanol–water partition coefficient (Wildman–Crippen LogP) is 1.42. The van der Waals surface area contributed by atoms with Crippen LogP contribution in [0, 0.1) is 5.92 Å². The Labute approximate surface area is 106 Å². The molecule has 0 aliphatic rings. The molecule has 1 aromatic rings. The lowest BCUT2D eigenvalue weighted by atomic mass is 10.1. The van der Waals surface area contributed by atoms with E-state index in [0.29, 0.717) is 6.54 Å². The van der Waals surface area contributed by atoms with Crippen molar-refractivity contribution in [2.75, 3.05) is 7.11 Å². The van der Waals surface area contributed by atoms with Crippen LogP contribution in [-0.4, -0.2) is 24.1 Å². The quantitative estimate of drug-likeness (QED) is 0.750. The molecule has 1 rings (SSSR count). The number of carbonyl (C=O) groups is 2. The number of aliphatic carboxylic acids is 1. The van der Waals surface area contributed by atoms with Crippen LogP contribution in [0.2, 0.25) is 0 Å². The number of methoxy groups -OCH3 is 1. The van der Waals surface area contributed by atoms with Gasteiger partial charge in [0.05, 0.1) is 7.11 Å². The Hall–Kier alpha value is -2.04. The molecule has 1 amide bonds. The average molecular weight is 251 g/mol. The topological polar surface area (TPSA) is 75.6 Å². The van der Waals surface area contributed by atoms with Gasteiger partial charge < -0.3 is 15.2 Å². The van der Waals surface area contributed by atoms with E-state index >= 15 is 0 Å². The van der Waals surface area contributed by atoms with Crippen LogP contribution in [0.25, 0.3) is 0 Å². The molecule has 0 radical (unpaired) electrons. The van der Waals surface area contributed by atoms with E-state index in [4.69, 9.17) is 9.84 Å². The molecule has 0 aliphatic heterocycles. The van der Waals surface area contributed by atoms with Gasteiger partial charge in [-0.2, -0.15) is 0 Å². The maximum absolute atomic E-state index is 11.6. The highest BCUT2D eigenvalue weighted by molar-refractivity contribution is 5.96. The van der Waals surface area contributed by atoms with Crippen LogP contribution < -0.4 is 10.1 Å². The third-order valence-electron chi connectivity index (χ3n) is 2.65. The molecule has 1 aromatic carbocycles. The molecule has 0 heterocycles. The smallest absolute Gasteiger partial charge is 0.316 e. The van der Waals surface area contributed by atoms with Crippen molar-refractivity contribution in [3.8, 4) is 5.75 Å². The number of amides is 1. The van der Waals surface area contributed by atoms with Crippen molar-refractivity contribution in [2.24, 2.45) is 5.92 Å². The molecule has 2 N–H and O–H groups in total. The summed E-state index contributed by atoms with van der Waals surface area (Å²) in [4.78, 5) is 22.4. The lowest BCUT2D eigenvalue weighted by Crippen LogP contribution is -2.34. The molecule has 98 valence electrons. The maximum atomic E-state index is 11.6. The minimum atomic E-state index is -1.09. The molecule has 1 atom stereocenters. The molecule has 1 unspecified atom stereocenters. The van der Waals surface area contributed by atoms with E-state index in [1.54, 1.807) is 26.2 Å². The van der Waals surface area contributed by atoms with Gasteiger partial charge in [0.25, 0.3) is 0 Å². The first-order chi connectivity index (χ1) is 8.58. The highest BCUT2D eigenvalue weighted by atomic mass is 16.5. The SMILES string of the molecule is CCC(C(=O)O)C(=O)NCc1ccc(OC)cc1. The summed E-state index contributed by atoms with van der Waals surface area (Å²) in [6.45, 7) is 1.98. The van der Waals surface area contributed by atoms with Crippen LogP contribution in [0.15, 0.2) is 24.3 Å². The normalized spacial score (nSPS) is 11.7. The Balaban J connectivity index is 2.53. The first-order valence-corrected chi connectivity index (χ1v) is 5.72. The first-order valence-electron chi connectivity index (χ1n) is 5.72. The molecular formula is C13H17NO4. The van der Waals surface area contributed by atoms with E-state index in [1.165, 1.54) is 0 Å². The van der Waals surface area contributed by atoms with Gasteiger partial charge in [-0.1, -0.05) is 19.1 Å². The van der Waals surface area contributed by atoms with Gasteiger partial charge in [-0.25, -0.2) is 0 Å². The molecule has 5 nitrogen and oxygen atoms in total. The zero-order valence-corrected chi connectivity index (χ0v) is 10.5. The van der Waals surface area contributed by atoms with Crippen LogP contribution in [0.5, 0.6) is 5.75 Å². The molecule has 5 heteroatoms. The Morgan fingerprint density at radius 1 is 1.33 bits per heavy atom. The van der Waals surface area contributed by atoms with E-state index in [9.17, 15) is 9.59 Å². The molecule has 18 heavy (non-hydrogen) atoms. The highest BCUT2D eigenvalue weighted by Crippen LogP contribution is 2.11. The van der Waals surface area contributed by atoms with Crippen molar-refractivity contribution in [2.45, 2.75) is 19.9 Å². The largest absolute Gasteiger partial charge is 0.497 e. The van der Waals surface area contributed by atoms with Gasteiger partial charge in [-0.3, -0.25) is 9.59 Å². The van der Waals surface area contributed by atoms with Crippen molar-refractivity contribution < 1.29 is 19.4 Å². The number of carbonyl (C=O) groups excluding carboxylic acids is 1. The standard InChI is InChI=1S/C13H17NO4/c1-3-11(13(16)17)12(15)14-8-9-4-6-10(18-2)7-5-9/h4-7,11H,3,8H2,1-2H3,(H,14,15)(H,16,17). The maximum Gasteiger partial charge on any atom is 0.316 e. The van der Waals surface area contributed by atoms with Crippen LogP contribution in [0.4, 0.5) is 0 Å². The van der Waals surface area contributed by atoms with Crippen LogP contribution >= 0.6 is 0 Å². The fourth-order valence-electron chi connectivity index (χ4n) is 1.53. The van der Waals surface area contributed by atoms with Crippen molar-refractivity contribution in [1.29, 1.82) is 0 Å². The average Bonchev–Trinajstić information content (AvgIpc) is 2.37. The van der Waals surface area contributed by atoms with Gasteiger partial charge in [0.1, 0.15) is 11.7 Å². The number of rotatable bonds is 6. The monoisotopic (exact) mass is 251 g/mol. The third-order valence-corrected chi connectivity index (χ3v) is 2.65. The van der Waals surface area contributed by atoms with Crippen LogP contribution in [-0.2, 0) is 16.1 Å². The second kappa shape index (κ2) is 6.64. The van der Waals surface area contributed by atoms with Crippen LogP contribution in [0.3, 0.4) is 0 Å². The van der Waals surface area contributed by atoms with Crippen LogP contribution in [0.1, 0.15) is 18.9 Å². The fraction of sp³-hybridized carbons (Fsp3) is 0.385. The molecule has 0 aliphatic carbocycles. The van der Waals surface area contributed by atoms with Gasteiger partial charge in [-0.15, -0.1) is 0 Å². The summed E-state index contributed by atoms with van der Waals surface area (Å²) in [7, 11) is 1.58.